The summed E-state index contributed by atoms with van der Waals surface area (Å²) in [4.78, 5) is 13.3. The highest BCUT2D eigenvalue weighted by atomic mass is 32.2. The second-order valence-electron chi connectivity index (χ2n) is 12.9. The standard InChI is InChI=1S/C37H52N6O5S/c1-4-5-6-7-8-9-10-11-12-13-14-15-16-17-21-24-32-36(41-40-35-28(2)38-39-29(35)3)37(44)43(42-32)30-25-26-33(34(27-30)49(45,46)47)48-31-22-19-18-20-23-31/h18-20,22-23,25-27,36H,4-17,21,24H2,1-3H3,(H,38,39)(H,45,46,47)/b41-40+. The minimum absolute atomic E-state index is 0.0757. The van der Waals surface area contributed by atoms with Crippen molar-refractivity contribution in [2.75, 3.05) is 5.01 Å². The minimum Gasteiger partial charge on any atom is -0.456 e. The van der Waals surface area contributed by atoms with E-state index in [2.05, 4.69) is 32.5 Å². The van der Waals surface area contributed by atoms with Gasteiger partial charge in [0.15, 0.2) is 6.04 Å². The first-order valence-electron chi connectivity index (χ1n) is 17.9. The molecule has 4 rings (SSSR count). The third-order valence-corrected chi connectivity index (χ3v) is 9.68. The van der Waals surface area contributed by atoms with Crippen molar-refractivity contribution in [3.8, 4) is 11.5 Å². The molecular weight excluding hydrogens is 641 g/mol. The third-order valence-electron chi connectivity index (χ3n) is 8.81. The van der Waals surface area contributed by atoms with Gasteiger partial charge in [0.25, 0.3) is 16.0 Å². The fourth-order valence-corrected chi connectivity index (χ4v) is 6.63. The number of hydrogen-bond donors (Lipinski definition) is 2. The van der Waals surface area contributed by atoms with Gasteiger partial charge in [-0.25, -0.2) is 0 Å². The van der Waals surface area contributed by atoms with Crippen LogP contribution in [-0.2, 0) is 14.9 Å². The lowest BCUT2D eigenvalue weighted by Gasteiger charge is -2.15. The van der Waals surface area contributed by atoms with Crippen molar-refractivity contribution in [3.05, 3.63) is 59.9 Å². The van der Waals surface area contributed by atoms with Crippen molar-refractivity contribution in [3.63, 3.8) is 0 Å². The Labute approximate surface area is 291 Å². The Bertz CT molecular complexity index is 1640. The molecule has 1 aliphatic rings. The summed E-state index contributed by atoms with van der Waals surface area (Å²) in [6.45, 7) is 5.90. The molecule has 0 aliphatic carbocycles. The molecule has 11 nitrogen and oxygen atoms in total. The number of rotatable bonds is 22. The van der Waals surface area contributed by atoms with Gasteiger partial charge in [0.2, 0.25) is 0 Å². The number of hydrazone groups is 1. The Morgan fingerprint density at radius 1 is 0.857 bits per heavy atom. The fraction of sp³-hybridized carbons (Fsp3) is 0.541. The number of para-hydroxylation sites is 1. The topological polar surface area (TPSA) is 150 Å². The Kier molecular flexibility index (Phi) is 15.0. The fourth-order valence-electron chi connectivity index (χ4n) is 5.99. The van der Waals surface area contributed by atoms with Crippen LogP contribution in [0.3, 0.4) is 0 Å². The Balaban J connectivity index is 1.36. The van der Waals surface area contributed by atoms with E-state index in [1.165, 1.54) is 95.2 Å². The number of aryl methyl sites for hydroxylation is 2. The average molecular weight is 693 g/mol. The van der Waals surface area contributed by atoms with Crippen LogP contribution in [0.2, 0.25) is 0 Å². The number of carbonyl (C=O) groups excluding carboxylic acids is 1. The molecule has 49 heavy (non-hydrogen) atoms. The molecular formula is C37H52N6O5S. The lowest BCUT2D eigenvalue weighted by Crippen LogP contribution is -2.30. The van der Waals surface area contributed by atoms with Gasteiger partial charge in [-0.3, -0.25) is 14.4 Å². The van der Waals surface area contributed by atoms with Gasteiger partial charge in [-0.05, 0) is 57.0 Å². The van der Waals surface area contributed by atoms with Crippen LogP contribution in [0.1, 0.15) is 121 Å². The smallest absolute Gasteiger partial charge is 0.298 e. The molecule has 1 amide bonds. The summed E-state index contributed by atoms with van der Waals surface area (Å²) >= 11 is 0. The van der Waals surface area contributed by atoms with E-state index in [9.17, 15) is 17.8 Å². The maximum Gasteiger partial charge on any atom is 0.298 e. The second kappa shape index (κ2) is 19.3. The lowest BCUT2D eigenvalue weighted by molar-refractivity contribution is -0.117. The van der Waals surface area contributed by atoms with E-state index in [1.807, 2.05) is 6.92 Å². The molecule has 0 saturated heterocycles. The lowest BCUT2D eigenvalue weighted by atomic mass is 10.0. The van der Waals surface area contributed by atoms with Crippen molar-refractivity contribution >= 4 is 33.1 Å². The maximum atomic E-state index is 13.7. The minimum atomic E-state index is -4.70. The zero-order chi connectivity index (χ0) is 35.1. The molecule has 2 N–H and O–H groups in total. The van der Waals surface area contributed by atoms with Crippen molar-refractivity contribution in [1.29, 1.82) is 0 Å². The number of unbranched alkanes of at least 4 members (excludes halogenated alkanes) is 14. The summed E-state index contributed by atoms with van der Waals surface area (Å²) in [6, 6.07) is 11.8. The number of aromatic nitrogens is 2. The quantitative estimate of drug-likeness (QED) is 0.0608. The van der Waals surface area contributed by atoms with Crippen LogP contribution in [-0.4, -0.2) is 40.8 Å². The van der Waals surface area contributed by atoms with E-state index >= 15 is 0 Å². The molecule has 1 atom stereocenters. The number of nitrogens with one attached hydrogen (secondary N) is 1. The van der Waals surface area contributed by atoms with Gasteiger partial charge in [-0.2, -0.15) is 33.9 Å². The zero-order valence-corrected chi connectivity index (χ0v) is 30.1. The molecule has 1 aliphatic heterocycles. The molecule has 1 unspecified atom stereocenters. The van der Waals surface area contributed by atoms with Crippen LogP contribution in [0.5, 0.6) is 11.5 Å². The number of anilines is 1. The highest BCUT2D eigenvalue weighted by Gasteiger charge is 2.37. The van der Waals surface area contributed by atoms with Gasteiger partial charge in [-0.15, -0.1) is 0 Å². The molecule has 266 valence electrons. The summed E-state index contributed by atoms with van der Waals surface area (Å²) in [6.07, 6.45) is 19.4. The Morgan fingerprint density at radius 3 is 2.00 bits per heavy atom. The van der Waals surface area contributed by atoms with Crippen LogP contribution in [0.15, 0.2) is 68.8 Å². The van der Waals surface area contributed by atoms with Crippen LogP contribution in [0.4, 0.5) is 11.4 Å². The van der Waals surface area contributed by atoms with Gasteiger partial charge < -0.3 is 4.74 Å². The van der Waals surface area contributed by atoms with Gasteiger partial charge >= 0.3 is 0 Å². The van der Waals surface area contributed by atoms with Crippen molar-refractivity contribution in [1.82, 2.24) is 10.2 Å². The highest BCUT2D eigenvalue weighted by molar-refractivity contribution is 7.86. The number of azo groups is 1. The molecule has 2 heterocycles. The molecule has 0 bridgehead atoms. The van der Waals surface area contributed by atoms with Gasteiger partial charge in [0, 0.05) is 0 Å². The van der Waals surface area contributed by atoms with Gasteiger partial charge in [0.05, 0.1) is 22.8 Å². The number of H-pyrrole nitrogens is 1. The summed E-state index contributed by atoms with van der Waals surface area (Å²) < 4.78 is 40.5. The summed E-state index contributed by atoms with van der Waals surface area (Å²) in [5.41, 5.74) is 2.68. The van der Waals surface area contributed by atoms with E-state index < -0.39 is 27.0 Å². The Morgan fingerprint density at radius 2 is 1.45 bits per heavy atom. The number of amides is 1. The first-order chi connectivity index (χ1) is 23.7. The van der Waals surface area contributed by atoms with Crippen molar-refractivity contribution in [2.24, 2.45) is 15.3 Å². The molecule has 12 heteroatoms. The molecule has 0 radical (unpaired) electrons. The number of aromatic amines is 1. The van der Waals surface area contributed by atoms with Crippen LogP contribution < -0.4 is 9.75 Å². The van der Waals surface area contributed by atoms with E-state index in [0.717, 1.165) is 30.0 Å². The number of hydrogen-bond acceptors (Lipinski definition) is 8. The van der Waals surface area contributed by atoms with E-state index in [4.69, 9.17) is 4.74 Å². The summed E-state index contributed by atoms with van der Waals surface area (Å²) in [5, 5.41) is 21.6. The molecule has 0 spiro atoms. The number of ether oxygens (including phenoxy) is 1. The van der Waals surface area contributed by atoms with Crippen molar-refractivity contribution < 1.29 is 22.5 Å². The normalized spacial score (nSPS) is 15.0. The first kappa shape index (κ1) is 37.9. The molecule has 3 aromatic rings. The zero-order valence-electron chi connectivity index (χ0n) is 29.2. The molecule has 0 saturated carbocycles. The number of benzene rings is 2. The predicted octanol–water partition coefficient (Wildman–Crippen LogP) is 10.2. The Hall–Kier alpha value is -3.90. The third kappa shape index (κ3) is 11.6. The second-order valence-corrected chi connectivity index (χ2v) is 14.3. The largest absolute Gasteiger partial charge is 0.456 e. The van der Waals surface area contributed by atoms with Crippen LogP contribution >= 0.6 is 0 Å². The number of nitrogens with zero attached hydrogens (tertiary/aromatic N) is 5. The average Bonchev–Trinajstić information content (AvgIpc) is 3.57. The number of carbonyl (C=O) groups is 1. The van der Waals surface area contributed by atoms with E-state index in [1.54, 1.807) is 37.3 Å². The molecule has 2 aromatic carbocycles. The molecule has 0 fully saturated rings. The highest BCUT2D eigenvalue weighted by Crippen LogP contribution is 2.35. The van der Waals surface area contributed by atoms with Crippen LogP contribution in [0.25, 0.3) is 0 Å². The predicted molar refractivity (Wildman–Crippen MR) is 194 cm³/mol. The summed E-state index contributed by atoms with van der Waals surface area (Å²) in [5.74, 6) is -0.142. The van der Waals surface area contributed by atoms with Crippen molar-refractivity contribution in [2.45, 2.75) is 134 Å². The van der Waals surface area contributed by atoms with Gasteiger partial charge in [0.1, 0.15) is 22.1 Å². The van der Waals surface area contributed by atoms with Gasteiger partial charge in [-0.1, -0.05) is 115 Å². The SMILES string of the molecule is CCCCCCCCCCCCCCCCCC1=NN(c2ccc(Oc3ccccc3)c(S(=O)(=O)O)c2)C(=O)C1/N=N/c1c(C)n[nH]c1C. The van der Waals surface area contributed by atoms with E-state index in [-0.39, 0.29) is 11.4 Å². The monoisotopic (exact) mass is 692 g/mol. The molecule has 1 aromatic heterocycles. The maximum absolute atomic E-state index is 13.7. The summed E-state index contributed by atoms with van der Waals surface area (Å²) in [7, 11) is -4.70. The van der Waals surface area contributed by atoms with Crippen LogP contribution in [0, 0.1) is 13.8 Å². The van der Waals surface area contributed by atoms with E-state index in [0.29, 0.717) is 29.3 Å². The first-order valence-corrected chi connectivity index (χ1v) is 19.3.